The fourth-order valence-corrected chi connectivity index (χ4v) is 3.60. The number of halogens is 1. The highest BCUT2D eigenvalue weighted by Gasteiger charge is 2.21. The molecule has 0 radical (unpaired) electrons. The van der Waals surface area contributed by atoms with Crippen LogP contribution >= 0.6 is 0 Å². The van der Waals surface area contributed by atoms with E-state index in [2.05, 4.69) is 14.8 Å². The molecule has 0 amide bonds. The Morgan fingerprint density at radius 3 is 2.46 bits per heavy atom. The Balaban J connectivity index is 1.80. The van der Waals surface area contributed by atoms with Crippen molar-refractivity contribution in [3.63, 3.8) is 0 Å². The molecule has 0 saturated carbocycles. The summed E-state index contributed by atoms with van der Waals surface area (Å²) in [6, 6.07) is 11.9. The summed E-state index contributed by atoms with van der Waals surface area (Å²) in [6.45, 7) is 1.70. The van der Waals surface area contributed by atoms with E-state index >= 15 is 0 Å². The van der Waals surface area contributed by atoms with Crippen molar-refractivity contribution in [2.75, 3.05) is 0 Å². The molecule has 0 spiro atoms. The van der Waals surface area contributed by atoms with E-state index in [0.717, 1.165) is 17.3 Å². The number of nitrogens with zero attached hydrogens (tertiary/aromatic N) is 3. The molecular weight excluding hydrogens is 331 g/mol. The number of benzene rings is 2. The summed E-state index contributed by atoms with van der Waals surface area (Å²) in [5, 5.41) is 4.02. The van der Waals surface area contributed by atoms with Gasteiger partial charge in [0.15, 0.2) is 0 Å². The molecule has 6 nitrogen and oxygen atoms in total. The quantitative estimate of drug-likeness (QED) is 0.770. The molecule has 3 aromatic rings. The van der Waals surface area contributed by atoms with E-state index in [1.54, 1.807) is 42.2 Å². The van der Waals surface area contributed by atoms with Crippen LogP contribution < -0.4 is 4.72 Å². The van der Waals surface area contributed by atoms with Crippen LogP contribution in [0.4, 0.5) is 4.39 Å². The Bertz CT molecular complexity index is 925. The smallest absolute Gasteiger partial charge is 0.223 e. The van der Waals surface area contributed by atoms with Crippen LogP contribution in [-0.2, 0) is 10.0 Å². The van der Waals surface area contributed by atoms with E-state index in [-0.39, 0.29) is 4.90 Å². The highest BCUT2D eigenvalue weighted by molar-refractivity contribution is 7.89. The fraction of sp³-hybridized carbons (Fsp3) is 0.125. The van der Waals surface area contributed by atoms with Gasteiger partial charge in [0.2, 0.25) is 10.0 Å². The third-order valence-electron chi connectivity index (χ3n) is 3.53. The van der Waals surface area contributed by atoms with Gasteiger partial charge >= 0.3 is 0 Å². The van der Waals surface area contributed by atoms with Crippen molar-refractivity contribution < 1.29 is 12.8 Å². The van der Waals surface area contributed by atoms with Crippen LogP contribution in [0.2, 0.25) is 0 Å². The molecule has 2 aromatic carbocycles. The first-order valence-corrected chi connectivity index (χ1v) is 8.67. The zero-order chi connectivity index (χ0) is 17.2. The first-order chi connectivity index (χ1) is 11.5. The van der Waals surface area contributed by atoms with Crippen molar-refractivity contribution in [2.45, 2.75) is 17.9 Å². The molecule has 0 aliphatic rings. The van der Waals surface area contributed by atoms with Gasteiger partial charge in [0.05, 0.1) is 5.69 Å². The highest BCUT2D eigenvalue weighted by Crippen LogP contribution is 2.20. The van der Waals surface area contributed by atoms with Crippen molar-refractivity contribution in [2.24, 2.45) is 0 Å². The lowest BCUT2D eigenvalue weighted by Crippen LogP contribution is -2.27. The molecule has 0 fully saturated rings. The molecule has 1 aromatic heterocycles. The molecule has 1 N–H and O–H groups in total. The minimum absolute atomic E-state index is 0.365. The summed E-state index contributed by atoms with van der Waals surface area (Å²) in [5.41, 5.74) is 1.55. The fourth-order valence-electron chi connectivity index (χ4n) is 2.28. The molecule has 0 aliphatic carbocycles. The van der Waals surface area contributed by atoms with E-state index in [1.165, 1.54) is 24.5 Å². The highest BCUT2D eigenvalue weighted by atomic mass is 32.2. The first kappa shape index (κ1) is 16.3. The molecule has 0 aliphatic heterocycles. The average Bonchev–Trinajstić information content (AvgIpc) is 3.09. The lowest BCUT2D eigenvalue weighted by molar-refractivity contribution is 0.547. The lowest BCUT2D eigenvalue weighted by Gasteiger charge is -2.15. The normalized spacial score (nSPS) is 12.9. The van der Waals surface area contributed by atoms with Crippen LogP contribution in [0.1, 0.15) is 18.5 Å². The molecule has 24 heavy (non-hydrogen) atoms. The second kappa shape index (κ2) is 6.50. The third kappa shape index (κ3) is 3.34. The average molecular weight is 346 g/mol. The summed E-state index contributed by atoms with van der Waals surface area (Å²) < 4.78 is 42.4. The Labute approximate surface area is 139 Å². The van der Waals surface area contributed by atoms with Gasteiger partial charge in [0.25, 0.3) is 0 Å². The second-order valence-corrected chi connectivity index (χ2v) is 6.89. The number of hydrogen-bond donors (Lipinski definition) is 1. The van der Waals surface area contributed by atoms with E-state index in [1.807, 2.05) is 0 Å². The van der Waals surface area contributed by atoms with Gasteiger partial charge in [-0.1, -0.05) is 24.3 Å². The van der Waals surface area contributed by atoms with Crippen molar-refractivity contribution >= 4 is 10.0 Å². The topological polar surface area (TPSA) is 76.9 Å². The summed E-state index contributed by atoms with van der Waals surface area (Å²) >= 11 is 0. The van der Waals surface area contributed by atoms with Gasteiger partial charge in [-0.05, 0) is 36.8 Å². The Morgan fingerprint density at radius 1 is 1.12 bits per heavy atom. The van der Waals surface area contributed by atoms with Gasteiger partial charge < -0.3 is 0 Å². The summed E-state index contributed by atoms with van der Waals surface area (Å²) in [4.78, 5) is 3.51. The van der Waals surface area contributed by atoms with E-state index in [0.29, 0.717) is 0 Å². The molecule has 1 heterocycles. The molecule has 1 unspecified atom stereocenters. The summed E-state index contributed by atoms with van der Waals surface area (Å²) in [7, 11) is -3.94. The van der Waals surface area contributed by atoms with Crippen LogP contribution in [0.15, 0.2) is 66.1 Å². The standard InChI is InChI=1S/C16H15FN4O2S/c1-12(20-24(22,23)16-5-3-2-4-15(16)17)13-6-8-14(9-7-13)21-11-18-10-19-21/h2-12,20H,1H3. The monoisotopic (exact) mass is 346 g/mol. The predicted octanol–water partition coefficient (Wildman–Crippen LogP) is 2.45. The maximum Gasteiger partial charge on any atom is 0.244 e. The number of nitrogens with one attached hydrogen (secondary N) is 1. The van der Waals surface area contributed by atoms with E-state index < -0.39 is 21.9 Å². The Hall–Kier alpha value is -2.58. The molecule has 0 saturated heterocycles. The number of rotatable bonds is 5. The maximum absolute atomic E-state index is 13.7. The van der Waals surface area contributed by atoms with Crippen LogP contribution in [0.5, 0.6) is 0 Å². The van der Waals surface area contributed by atoms with Gasteiger partial charge in [-0.3, -0.25) is 0 Å². The number of aromatic nitrogens is 3. The van der Waals surface area contributed by atoms with Gasteiger partial charge in [0, 0.05) is 6.04 Å². The summed E-state index contributed by atoms with van der Waals surface area (Å²) in [5.74, 6) is -0.779. The van der Waals surface area contributed by atoms with Crippen molar-refractivity contribution in [3.05, 3.63) is 72.6 Å². The minimum atomic E-state index is -3.94. The SMILES string of the molecule is CC(NS(=O)(=O)c1ccccc1F)c1ccc(-n2cncn2)cc1. The molecule has 0 bridgehead atoms. The summed E-state index contributed by atoms with van der Waals surface area (Å²) in [6.07, 6.45) is 3.00. The maximum atomic E-state index is 13.7. The van der Waals surface area contributed by atoms with Crippen LogP contribution in [0.3, 0.4) is 0 Å². The Kier molecular flexibility index (Phi) is 4.41. The molecule has 1 atom stereocenters. The zero-order valence-corrected chi connectivity index (χ0v) is 13.6. The van der Waals surface area contributed by atoms with Crippen molar-refractivity contribution in [1.82, 2.24) is 19.5 Å². The molecule has 124 valence electrons. The van der Waals surface area contributed by atoms with Crippen LogP contribution in [0, 0.1) is 5.82 Å². The molecule has 3 rings (SSSR count). The number of hydrogen-bond acceptors (Lipinski definition) is 4. The van der Waals surface area contributed by atoms with Gasteiger partial charge in [0.1, 0.15) is 23.4 Å². The second-order valence-electron chi connectivity index (χ2n) is 5.20. The van der Waals surface area contributed by atoms with Crippen LogP contribution in [-0.4, -0.2) is 23.2 Å². The van der Waals surface area contributed by atoms with Crippen molar-refractivity contribution in [1.29, 1.82) is 0 Å². The van der Waals surface area contributed by atoms with Gasteiger partial charge in [-0.25, -0.2) is 27.2 Å². The largest absolute Gasteiger partial charge is 0.244 e. The van der Waals surface area contributed by atoms with E-state index in [9.17, 15) is 12.8 Å². The Morgan fingerprint density at radius 2 is 1.83 bits per heavy atom. The first-order valence-electron chi connectivity index (χ1n) is 7.19. The van der Waals surface area contributed by atoms with Gasteiger partial charge in [-0.15, -0.1) is 0 Å². The van der Waals surface area contributed by atoms with Crippen LogP contribution in [0.25, 0.3) is 5.69 Å². The van der Waals surface area contributed by atoms with Gasteiger partial charge in [-0.2, -0.15) is 5.10 Å². The zero-order valence-electron chi connectivity index (χ0n) is 12.8. The molecule has 8 heteroatoms. The molecular formula is C16H15FN4O2S. The number of sulfonamides is 1. The lowest BCUT2D eigenvalue weighted by atomic mass is 10.1. The van der Waals surface area contributed by atoms with Crippen molar-refractivity contribution in [3.8, 4) is 5.69 Å². The van der Waals surface area contributed by atoms with E-state index in [4.69, 9.17) is 0 Å². The third-order valence-corrected chi connectivity index (χ3v) is 5.11. The predicted molar refractivity (Wildman–Crippen MR) is 86.5 cm³/mol. The minimum Gasteiger partial charge on any atom is -0.223 e.